The Morgan fingerprint density at radius 1 is 1.50 bits per heavy atom. The van der Waals surface area contributed by atoms with Crippen molar-refractivity contribution in [3.8, 4) is 0 Å². The van der Waals surface area contributed by atoms with E-state index in [4.69, 9.17) is 17.3 Å². The van der Waals surface area contributed by atoms with Crippen LogP contribution in [0.5, 0.6) is 0 Å². The summed E-state index contributed by atoms with van der Waals surface area (Å²) < 4.78 is 13.2. The topological polar surface area (TPSA) is 55.1 Å². The molecule has 3 nitrogen and oxygen atoms in total. The molecule has 1 atom stereocenters. The Balaban J connectivity index is 3.01. The van der Waals surface area contributed by atoms with Gasteiger partial charge < -0.3 is 5.73 Å². The van der Waals surface area contributed by atoms with Gasteiger partial charge in [-0.25, -0.2) is 4.39 Å². The lowest BCUT2D eigenvalue weighted by atomic mass is 10.1. The Labute approximate surface area is 98.8 Å². The summed E-state index contributed by atoms with van der Waals surface area (Å²) in [6.45, 7) is 3.75. The highest BCUT2D eigenvalue weighted by molar-refractivity contribution is 6.30. The van der Waals surface area contributed by atoms with Crippen LogP contribution < -0.4 is 11.1 Å². The van der Waals surface area contributed by atoms with Gasteiger partial charge in [0, 0.05) is 6.04 Å². The van der Waals surface area contributed by atoms with E-state index >= 15 is 0 Å². The summed E-state index contributed by atoms with van der Waals surface area (Å²) in [5.41, 5.74) is 5.72. The van der Waals surface area contributed by atoms with E-state index in [1.54, 1.807) is 6.07 Å². The van der Waals surface area contributed by atoms with Crippen molar-refractivity contribution < 1.29 is 9.18 Å². The molecule has 0 fully saturated rings. The van der Waals surface area contributed by atoms with Crippen molar-refractivity contribution in [1.29, 1.82) is 0 Å². The molecule has 0 radical (unpaired) electrons. The largest absolute Gasteiger partial charge is 0.368 e. The van der Waals surface area contributed by atoms with E-state index < -0.39 is 17.8 Å². The molecule has 88 valence electrons. The minimum atomic E-state index is -0.702. The first kappa shape index (κ1) is 12.9. The van der Waals surface area contributed by atoms with Crippen LogP contribution in [0.15, 0.2) is 18.2 Å². The van der Waals surface area contributed by atoms with Gasteiger partial charge >= 0.3 is 0 Å². The summed E-state index contributed by atoms with van der Waals surface area (Å²) in [7, 11) is 0. The van der Waals surface area contributed by atoms with E-state index in [-0.39, 0.29) is 11.1 Å². The fraction of sp³-hybridized carbons (Fsp3) is 0.364. The summed E-state index contributed by atoms with van der Waals surface area (Å²) in [5.74, 6) is -1.11. The molecule has 0 saturated heterocycles. The molecule has 0 spiro atoms. The van der Waals surface area contributed by atoms with Gasteiger partial charge in [-0.3, -0.25) is 10.1 Å². The van der Waals surface area contributed by atoms with Gasteiger partial charge in [-0.15, -0.1) is 0 Å². The summed E-state index contributed by atoms with van der Waals surface area (Å²) in [4.78, 5) is 11.2. The highest BCUT2D eigenvalue weighted by atomic mass is 35.5. The molecule has 0 aliphatic rings. The van der Waals surface area contributed by atoms with Gasteiger partial charge in [0.25, 0.3) is 0 Å². The molecule has 5 heteroatoms. The van der Waals surface area contributed by atoms with Crippen LogP contribution in [-0.4, -0.2) is 11.9 Å². The molecule has 0 saturated carbocycles. The van der Waals surface area contributed by atoms with Gasteiger partial charge in [0.1, 0.15) is 11.9 Å². The standard InChI is InChI=1S/C11H14ClFN2O/c1-6(2)15-10(11(14)16)7-3-4-8(12)9(13)5-7/h3-6,10,15H,1-2H3,(H2,14,16). The number of carbonyl (C=O) groups is 1. The zero-order valence-corrected chi connectivity index (χ0v) is 9.88. The second-order valence-corrected chi connectivity index (χ2v) is 4.24. The van der Waals surface area contributed by atoms with Crippen LogP contribution in [0.25, 0.3) is 0 Å². The second-order valence-electron chi connectivity index (χ2n) is 3.83. The van der Waals surface area contributed by atoms with E-state index in [9.17, 15) is 9.18 Å². The van der Waals surface area contributed by atoms with E-state index in [1.807, 2.05) is 13.8 Å². The molecular weight excluding hydrogens is 231 g/mol. The molecule has 1 rings (SSSR count). The number of hydrogen-bond acceptors (Lipinski definition) is 2. The fourth-order valence-electron chi connectivity index (χ4n) is 1.37. The lowest BCUT2D eigenvalue weighted by Gasteiger charge is -2.18. The van der Waals surface area contributed by atoms with E-state index in [0.717, 1.165) is 0 Å². The van der Waals surface area contributed by atoms with Gasteiger partial charge in [0.2, 0.25) is 5.91 Å². The van der Waals surface area contributed by atoms with Gasteiger partial charge in [-0.2, -0.15) is 0 Å². The lowest BCUT2D eigenvalue weighted by Crippen LogP contribution is -2.37. The monoisotopic (exact) mass is 244 g/mol. The molecule has 0 bridgehead atoms. The van der Waals surface area contributed by atoms with Gasteiger partial charge in [-0.1, -0.05) is 17.7 Å². The third kappa shape index (κ3) is 3.18. The number of benzene rings is 1. The molecular formula is C11H14ClFN2O. The van der Waals surface area contributed by atoms with Crippen LogP contribution in [-0.2, 0) is 4.79 Å². The number of rotatable bonds is 4. The van der Waals surface area contributed by atoms with Crippen LogP contribution in [0.1, 0.15) is 25.5 Å². The first-order chi connectivity index (χ1) is 7.41. The van der Waals surface area contributed by atoms with E-state index in [1.165, 1.54) is 12.1 Å². The van der Waals surface area contributed by atoms with Crippen molar-refractivity contribution in [2.24, 2.45) is 5.73 Å². The highest BCUT2D eigenvalue weighted by Crippen LogP contribution is 2.20. The number of halogens is 2. The fourth-order valence-corrected chi connectivity index (χ4v) is 1.49. The van der Waals surface area contributed by atoms with Gasteiger partial charge in [-0.05, 0) is 31.5 Å². The summed E-state index contributed by atoms with van der Waals surface area (Å²) in [6.07, 6.45) is 0. The molecule has 1 unspecified atom stereocenters. The molecule has 16 heavy (non-hydrogen) atoms. The van der Waals surface area contributed by atoms with Crippen molar-refractivity contribution in [2.75, 3.05) is 0 Å². The predicted molar refractivity (Wildman–Crippen MR) is 61.6 cm³/mol. The number of hydrogen-bond donors (Lipinski definition) is 2. The molecule has 0 aliphatic heterocycles. The summed E-state index contributed by atoms with van der Waals surface area (Å²) >= 11 is 5.56. The maximum Gasteiger partial charge on any atom is 0.239 e. The van der Waals surface area contributed by atoms with E-state index in [2.05, 4.69) is 5.32 Å². The highest BCUT2D eigenvalue weighted by Gasteiger charge is 2.19. The maximum absolute atomic E-state index is 13.2. The van der Waals surface area contributed by atoms with Crippen molar-refractivity contribution >= 4 is 17.5 Å². The smallest absolute Gasteiger partial charge is 0.239 e. The number of carbonyl (C=O) groups excluding carboxylic acids is 1. The second kappa shape index (κ2) is 5.27. The summed E-state index contributed by atoms with van der Waals surface area (Å²) in [6, 6.07) is 3.57. The van der Waals surface area contributed by atoms with Crippen LogP contribution in [0, 0.1) is 5.82 Å². The zero-order valence-electron chi connectivity index (χ0n) is 9.13. The zero-order chi connectivity index (χ0) is 12.3. The molecule has 0 heterocycles. The van der Waals surface area contributed by atoms with Crippen LogP contribution in [0.2, 0.25) is 5.02 Å². The first-order valence-electron chi connectivity index (χ1n) is 4.92. The van der Waals surface area contributed by atoms with Gasteiger partial charge in [0.15, 0.2) is 0 Å². The first-order valence-corrected chi connectivity index (χ1v) is 5.30. The molecule has 0 aromatic heterocycles. The van der Waals surface area contributed by atoms with Crippen molar-refractivity contribution in [2.45, 2.75) is 25.9 Å². The predicted octanol–water partition coefficient (Wildman–Crippen LogP) is 2.00. The van der Waals surface area contributed by atoms with Crippen molar-refractivity contribution in [1.82, 2.24) is 5.32 Å². The van der Waals surface area contributed by atoms with Crippen LogP contribution in [0.4, 0.5) is 4.39 Å². The Kier molecular flexibility index (Phi) is 4.26. The summed E-state index contributed by atoms with van der Waals surface area (Å²) in [5, 5.41) is 2.98. The number of amides is 1. The van der Waals surface area contributed by atoms with E-state index in [0.29, 0.717) is 5.56 Å². The van der Waals surface area contributed by atoms with Gasteiger partial charge in [0.05, 0.1) is 5.02 Å². The van der Waals surface area contributed by atoms with Crippen molar-refractivity contribution in [3.63, 3.8) is 0 Å². The third-order valence-corrected chi connectivity index (χ3v) is 2.37. The minimum Gasteiger partial charge on any atom is -0.368 e. The Bertz CT molecular complexity index is 396. The number of primary amides is 1. The normalized spacial score (nSPS) is 12.8. The molecule has 1 amide bonds. The lowest BCUT2D eigenvalue weighted by molar-refractivity contribution is -0.120. The van der Waals surface area contributed by atoms with Crippen molar-refractivity contribution in [3.05, 3.63) is 34.6 Å². The van der Waals surface area contributed by atoms with Crippen LogP contribution in [0.3, 0.4) is 0 Å². The average Bonchev–Trinajstić information content (AvgIpc) is 2.18. The Hall–Kier alpha value is -1.13. The molecule has 3 N–H and O–H groups in total. The quantitative estimate of drug-likeness (QED) is 0.851. The molecule has 1 aromatic carbocycles. The minimum absolute atomic E-state index is 0.0246. The Morgan fingerprint density at radius 3 is 2.56 bits per heavy atom. The average molecular weight is 245 g/mol. The SMILES string of the molecule is CC(C)NC(C(N)=O)c1ccc(Cl)c(F)c1. The molecule has 0 aliphatic carbocycles. The number of nitrogens with two attached hydrogens (primary N) is 1. The molecule has 1 aromatic rings. The number of nitrogens with one attached hydrogen (secondary N) is 1. The third-order valence-electron chi connectivity index (χ3n) is 2.06. The Morgan fingerprint density at radius 2 is 2.12 bits per heavy atom. The maximum atomic E-state index is 13.2. The van der Waals surface area contributed by atoms with Crippen LogP contribution >= 0.6 is 11.6 Å².